The second-order valence-corrected chi connectivity index (χ2v) is 6.38. The second-order valence-electron chi connectivity index (χ2n) is 4.31. The number of hydrogen-bond acceptors (Lipinski definition) is 7. The van der Waals surface area contributed by atoms with Crippen LogP contribution in [-0.2, 0) is 13.8 Å². The van der Waals surface area contributed by atoms with Gasteiger partial charge in [-0.3, -0.25) is 0 Å². The molecule has 10 nitrogen and oxygen atoms in total. The molecule has 0 spiro atoms. The predicted octanol–water partition coefficient (Wildman–Crippen LogP) is -3.50. The normalized spacial score (nSPS) is 29.8. The summed E-state index contributed by atoms with van der Waals surface area (Å²) >= 11 is 2.02. The maximum absolute atomic E-state index is 11.1. The van der Waals surface area contributed by atoms with Crippen molar-refractivity contribution in [1.29, 1.82) is 0 Å². The number of ether oxygens (including phenoxy) is 1. The summed E-state index contributed by atoms with van der Waals surface area (Å²) < 4.78 is 21.7. The summed E-state index contributed by atoms with van der Waals surface area (Å²) in [6.07, 6.45) is -3.65. The molecule has 2 rings (SSSR count). The number of aromatic nitrogens is 2. The van der Waals surface area contributed by atoms with Crippen LogP contribution in [0.2, 0.25) is 0 Å². The van der Waals surface area contributed by atoms with Crippen molar-refractivity contribution in [3.05, 3.63) is 22.6 Å². The molecule has 1 aromatic heterocycles. The van der Waals surface area contributed by atoms with Crippen LogP contribution in [0.15, 0.2) is 17.1 Å². The van der Waals surface area contributed by atoms with Crippen LogP contribution < -0.4 is 10.3 Å². The molecule has 4 atom stereocenters. The minimum atomic E-state index is -4.71. The van der Waals surface area contributed by atoms with Gasteiger partial charge >= 0.3 is 126 Å². The van der Waals surface area contributed by atoms with Crippen LogP contribution in [0.3, 0.4) is 0 Å². The molecule has 1 fully saturated rings. The third-order valence-corrected chi connectivity index (χ3v) is 4.02. The summed E-state index contributed by atoms with van der Waals surface area (Å²) in [5, 5.41) is 19.8. The first kappa shape index (κ1) is 16.8. The van der Waals surface area contributed by atoms with E-state index in [-0.39, 0.29) is 4.72 Å². The minimum absolute atomic E-state index is 0.197. The Morgan fingerprint density at radius 1 is 1.43 bits per heavy atom. The Bertz CT molecular complexity index is 618. The topological polar surface area (TPSA) is 151 Å². The summed E-state index contributed by atoms with van der Waals surface area (Å²) in [6.45, 7) is -0.597. The molecule has 0 bridgehead atoms. The second kappa shape index (κ2) is 6.25. The number of hydrogen-bond donors (Lipinski definition) is 4. The molecule has 1 aliphatic heterocycles. The van der Waals surface area contributed by atoms with Crippen LogP contribution >= 0.6 is 7.82 Å². The van der Waals surface area contributed by atoms with Crippen molar-refractivity contribution in [2.45, 2.75) is 24.5 Å². The first-order valence-corrected chi connectivity index (χ1v) is 8.16. The van der Waals surface area contributed by atoms with Crippen molar-refractivity contribution in [2.24, 2.45) is 0 Å². The van der Waals surface area contributed by atoms with Crippen molar-refractivity contribution < 1.29 is 33.8 Å². The van der Waals surface area contributed by atoms with Crippen molar-refractivity contribution in [2.75, 3.05) is 6.61 Å². The van der Waals surface area contributed by atoms with Gasteiger partial charge in [0.2, 0.25) is 0 Å². The molecule has 1 saturated heterocycles. The van der Waals surface area contributed by atoms with Crippen LogP contribution in [0.4, 0.5) is 0 Å². The van der Waals surface area contributed by atoms with Gasteiger partial charge in [-0.1, -0.05) is 0 Å². The molecule has 12 heteroatoms. The van der Waals surface area contributed by atoms with Gasteiger partial charge < -0.3 is 0 Å². The fraction of sp³-hybridized carbons (Fsp3) is 0.556. The van der Waals surface area contributed by atoms with Crippen molar-refractivity contribution in [3.8, 4) is 0 Å². The molecule has 0 aliphatic carbocycles. The van der Waals surface area contributed by atoms with Crippen molar-refractivity contribution >= 4 is 28.6 Å². The third-order valence-electron chi connectivity index (χ3n) is 2.84. The quantitative estimate of drug-likeness (QED) is 0.305. The molecule has 0 amide bonds. The van der Waals surface area contributed by atoms with Gasteiger partial charge in [-0.15, -0.1) is 0 Å². The van der Waals surface area contributed by atoms with Gasteiger partial charge in [0.05, 0.1) is 0 Å². The SMILES string of the molecule is O=c1ccn([C@@H]2O[C@H](COP(=O)(O)O)[C@@H](O)[C@H]2O)c([SeH])n1. The number of nitrogens with zero attached hydrogens (tertiary/aromatic N) is 2. The standard InChI is InChI=1S/C9H13N2O8PSe/c12-5-1-2-11(9(21)10-5)8-7(14)6(13)4(19-8)3-18-20(15,16)17/h1-2,4,6-8,13-14H,3H2,(H,10,12,21)(H2,15,16,17)/t4-,6-,7-,8-/m1/s1. The first-order valence-electron chi connectivity index (χ1n) is 5.69. The van der Waals surface area contributed by atoms with E-state index in [4.69, 9.17) is 14.5 Å². The van der Waals surface area contributed by atoms with Gasteiger partial charge in [0, 0.05) is 0 Å². The van der Waals surface area contributed by atoms with E-state index in [0.29, 0.717) is 0 Å². The summed E-state index contributed by atoms with van der Waals surface area (Å²) in [5.41, 5.74) is -0.476. The Labute approximate surface area is 126 Å². The Balaban J connectivity index is 2.16. The first-order chi connectivity index (χ1) is 9.69. The van der Waals surface area contributed by atoms with Crippen LogP contribution in [0.5, 0.6) is 0 Å². The van der Waals surface area contributed by atoms with Crippen molar-refractivity contribution in [1.82, 2.24) is 9.55 Å². The molecule has 2 heterocycles. The van der Waals surface area contributed by atoms with E-state index >= 15 is 0 Å². The summed E-state index contributed by atoms with van der Waals surface area (Å²) in [7, 11) is -4.71. The zero-order valence-electron chi connectivity index (χ0n) is 10.4. The van der Waals surface area contributed by atoms with Gasteiger partial charge in [0.25, 0.3) is 0 Å². The third kappa shape index (κ3) is 3.98. The zero-order valence-corrected chi connectivity index (χ0v) is 13.2. The van der Waals surface area contributed by atoms with Crippen LogP contribution in [0.1, 0.15) is 6.23 Å². The average Bonchev–Trinajstić information content (AvgIpc) is 2.64. The van der Waals surface area contributed by atoms with Gasteiger partial charge in [0.1, 0.15) is 0 Å². The molecule has 0 radical (unpaired) electrons. The summed E-state index contributed by atoms with van der Waals surface area (Å²) in [5.74, 6) is 0. The molecule has 1 aliphatic rings. The monoisotopic (exact) mass is 388 g/mol. The molecular weight excluding hydrogens is 374 g/mol. The van der Waals surface area contributed by atoms with E-state index in [2.05, 4.69) is 9.51 Å². The van der Waals surface area contributed by atoms with E-state index < -0.39 is 44.5 Å². The Morgan fingerprint density at radius 2 is 2.10 bits per heavy atom. The number of phosphoric acid groups is 1. The van der Waals surface area contributed by atoms with Gasteiger partial charge in [-0.2, -0.15) is 0 Å². The fourth-order valence-electron chi connectivity index (χ4n) is 1.87. The zero-order chi connectivity index (χ0) is 15.8. The fourth-order valence-corrected chi connectivity index (χ4v) is 2.80. The van der Waals surface area contributed by atoms with E-state index in [0.717, 1.165) is 6.07 Å². The Morgan fingerprint density at radius 3 is 2.67 bits per heavy atom. The molecule has 118 valence electrons. The van der Waals surface area contributed by atoms with Gasteiger partial charge in [-0.05, 0) is 0 Å². The molecule has 0 saturated carbocycles. The Kier molecular flexibility index (Phi) is 4.99. The molecular formula is C9H13N2O8PSe. The maximum atomic E-state index is 11.1. The summed E-state index contributed by atoms with van der Waals surface area (Å²) in [6, 6.07) is 1.15. The van der Waals surface area contributed by atoms with Crippen molar-refractivity contribution in [3.63, 3.8) is 0 Å². The van der Waals surface area contributed by atoms with Crippen LogP contribution in [0.25, 0.3) is 0 Å². The van der Waals surface area contributed by atoms with E-state index in [1.807, 2.05) is 16.0 Å². The molecule has 1 aromatic rings. The Hall–Kier alpha value is -0.611. The van der Waals surface area contributed by atoms with Gasteiger partial charge in [0.15, 0.2) is 0 Å². The number of rotatable bonds is 4. The van der Waals surface area contributed by atoms with Gasteiger partial charge in [-0.25, -0.2) is 0 Å². The van der Waals surface area contributed by atoms with Crippen LogP contribution in [0, 0.1) is 0 Å². The van der Waals surface area contributed by atoms with Crippen LogP contribution in [-0.4, -0.2) is 70.5 Å². The van der Waals surface area contributed by atoms with E-state index in [1.165, 1.54) is 10.8 Å². The average molecular weight is 387 g/mol. The molecule has 0 aromatic carbocycles. The molecule has 4 N–H and O–H groups in total. The summed E-state index contributed by atoms with van der Waals surface area (Å²) in [4.78, 5) is 32.0. The molecule has 21 heavy (non-hydrogen) atoms. The van der Waals surface area contributed by atoms with E-state index in [9.17, 15) is 19.6 Å². The number of aliphatic hydroxyl groups excluding tert-OH is 2. The number of aliphatic hydroxyl groups is 2. The number of phosphoric ester groups is 1. The van der Waals surface area contributed by atoms with E-state index in [1.54, 1.807) is 0 Å². The predicted molar refractivity (Wildman–Crippen MR) is 69.2 cm³/mol. The molecule has 0 unspecified atom stereocenters.